The van der Waals surface area contributed by atoms with Crippen molar-refractivity contribution >= 4 is 45.0 Å². The number of aliphatic hydroxyl groups is 1. The summed E-state index contributed by atoms with van der Waals surface area (Å²) < 4.78 is 28.5. The number of rotatable bonds is 4. The normalized spacial score (nSPS) is 21.2. The van der Waals surface area contributed by atoms with Gasteiger partial charge in [-0.25, -0.2) is 13.8 Å². The molecule has 168 valence electrons. The average Bonchev–Trinajstić information content (AvgIpc) is 3.15. The zero-order chi connectivity index (χ0) is 23.2. The first-order chi connectivity index (χ1) is 15.1. The number of anilines is 1. The van der Waals surface area contributed by atoms with E-state index in [2.05, 4.69) is 21.2 Å². The second-order valence-electron chi connectivity index (χ2n) is 7.86. The van der Waals surface area contributed by atoms with Crippen LogP contribution in [0.4, 0.5) is 14.5 Å². The van der Waals surface area contributed by atoms with Crippen LogP contribution < -0.4 is 5.32 Å². The van der Waals surface area contributed by atoms with Crippen LogP contribution in [0.15, 0.2) is 52.2 Å². The van der Waals surface area contributed by atoms with E-state index < -0.39 is 34.6 Å². The zero-order valence-corrected chi connectivity index (χ0v) is 19.3. The van der Waals surface area contributed by atoms with Crippen molar-refractivity contribution in [2.24, 2.45) is 0 Å². The molecule has 0 saturated carbocycles. The van der Waals surface area contributed by atoms with Crippen LogP contribution >= 0.6 is 27.5 Å². The molecule has 0 radical (unpaired) electrons. The highest BCUT2D eigenvalue weighted by atomic mass is 79.9. The van der Waals surface area contributed by atoms with Crippen LogP contribution in [0.1, 0.15) is 25.3 Å². The van der Waals surface area contributed by atoms with E-state index in [0.29, 0.717) is 24.9 Å². The van der Waals surface area contributed by atoms with Gasteiger partial charge >= 0.3 is 0 Å². The number of carbonyl (C=O) groups is 2. The summed E-state index contributed by atoms with van der Waals surface area (Å²) >= 11 is 8.97. The van der Waals surface area contributed by atoms with E-state index in [0.717, 1.165) is 0 Å². The minimum absolute atomic E-state index is 0.0254. The number of nitrogens with zero attached hydrogens (tertiary/aromatic N) is 2. The van der Waals surface area contributed by atoms with Gasteiger partial charge < -0.3 is 10.4 Å². The van der Waals surface area contributed by atoms with Gasteiger partial charge in [0.25, 0.3) is 11.8 Å². The highest BCUT2D eigenvalue weighted by molar-refractivity contribution is 9.10. The Balaban J connectivity index is 1.73. The molecule has 1 atom stereocenters. The SMILES string of the molecule is C[C@]12CCCN1N(Cc1cccc(F)c1Br)C(=O)C(C(=O)Nc1cccc(Cl)c1F)=C2O. The molecule has 2 N–H and O–H groups in total. The number of halogens is 4. The maximum atomic E-state index is 14.3. The molecule has 2 heterocycles. The Labute approximate surface area is 196 Å². The van der Waals surface area contributed by atoms with Crippen LogP contribution in [0, 0.1) is 11.6 Å². The van der Waals surface area contributed by atoms with Crippen LogP contribution in [-0.2, 0) is 16.1 Å². The van der Waals surface area contributed by atoms with Gasteiger partial charge in [0.15, 0.2) is 5.82 Å². The van der Waals surface area contributed by atoms with Crippen LogP contribution in [0.25, 0.3) is 0 Å². The highest BCUT2D eigenvalue weighted by Gasteiger charge is 2.52. The molecule has 0 bridgehead atoms. The van der Waals surface area contributed by atoms with Crippen LogP contribution in [0.2, 0.25) is 5.02 Å². The third-order valence-electron chi connectivity index (χ3n) is 5.87. The summed E-state index contributed by atoms with van der Waals surface area (Å²) in [6, 6.07) is 8.55. The average molecular weight is 527 g/mol. The molecule has 0 unspecified atom stereocenters. The summed E-state index contributed by atoms with van der Waals surface area (Å²) in [5.41, 5.74) is -1.21. The maximum absolute atomic E-state index is 14.3. The van der Waals surface area contributed by atoms with Gasteiger partial charge in [0.1, 0.15) is 17.1 Å². The summed E-state index contributed by atoms with van der Waals surface area (Å²) in [6.45, 7) is 2.17. The van der Waals surface area contributed by atoms with E-state index in [1.54, 1.807) is 18.0 Å². The molecule has 2 aliphatic rings. The Morgan fingerprint density at radius 2 is 2.00 bits per heavy atom. The lowest BCUT2D eigenvalue weighted by molar-refractivity contribution is -0.160. The van der Waals surface area contributed by atoms with Crippen LogP contribution in [0.5, 0.6) is 0 Å². The summed E-state index contributed by atoms with van der Waals surface area (Å²) in [7, 11) is 0. The molecular formula is C22H19BrClF2N3O3. The van der Waals surface area contributed by atoms with Crippen LogP contribution in [-0.4, -0.2) is 39.0 Å². The second-order valence-corrected chi connectivity index (χ2v) is 9.06. The van der Waals surface area contributed by atoms with Crippen molar-refractivity contribution in [2.45, 2.75) is 31.8 Å². The predicted molar refractivity (Wildman–Crippen MR) is 119 cm³/mol. The van der Waals surface area contributed by atoms with Crippen molar-refractivity contribution in [3.05, 3.63) is 74.4 Å². The van der Waals surface area contributed by atoms with Gasteiger partial charge in [-0.3, -0.25) is 14.6 Å². The van der Waals surface area contributed by atoms with Gasteiger partial charge in [-0.1, -0.05) is 29.8 Å². The largest absolute Gasteiger partial charge is 0.509 e. The van der Waals surface area contributed by atoms with Gasteiger partial charge in [-0.05, 0) is 59.5 Å². The van der Waals surface area contributed by atoms with E-state index in [1.807, 2.05) is 0 Å². The molecule has 6 nitrogen and oxygen atoms in total. The Morgan fingerprint density at radius 3 is 2.75 bits per heavy atom. The van der Waals surface area contributed by atoms with Gasteiger partial charge in [0, 0.05) is 6.54 Å². The fourth-order valence-corrected chi connectivity index (χ4v) is 4.73. The number of benzene rings is 2. The van der Waals surface area contributed by atoms with Crippen molar-refractivity contribution in [1.82, 2.24) is 10.0 Å². The highest BCUT2D eigenvalue weighted by Crippen LogP contribution is 2.42. The maximum Gasteiger partial charge on any atom is 0.277 e. The summed E-state index contributed by atoms with van der Waals surface area (Å²) in [5.74, 6) is -3.43. The predicted octanol–water partition coefficient (Wildman–Crippen LogP) is 4.94. The van der Waals surface area contributed by atoms with Gasteiger partial charge in [-0.2, -0.15) is 0 Å². The lowest BCUT2D eigenvalue weighted by Gasteiger charge is -2.46. The molecule has 2 amide bonds. The second kappa shape index (κ2) is 8.46. The van der Waals surface area contributed by atoms with E-state index in [1.165, 1.54) is 35.3 Å². The summed E-state index contributed by atoms with van der Waals surface area (Å²) in [4.78, 5) is 26.4. The van der Waals surface area contributed by atoms with Gasteiger partial charge in [0.2, 0.25) is 0 Å². The van der Waals surface area contributed by atoms with E-state index in [9.17, 15) is 23.5 Å². The fraction of sp³-hybridized carbons (Fsp3) is 0.273. The smallest absolute Gasteiger partial charge is 0.277 e. The lowest BCUT2D eigenvalue weighted by atomic mass is 9.90. The number of hydrogen-bond donors (Lipinski definition) is 2. The minimum atomic E-state index is -1.01. The molecule has 4 rings (SSSR count). The molecule has 2 aromatic rings. The first kappa shape index (κ1) is 22.7. The van der Waals surface area contributed by atoms with E-state index in [4.69, 9.17) is 11.6 Å². The molecule has 1 saturated heterocycles. The number of hydrazine groups is 1. The lowest BCUT2D eigenvalue weighted by Crippen LogP contribution is -2.60. The molecule has 2 aliphatic heterocycles. The van der Waals surface area contributed by atoms with Gasteiger partial charge in [0.05, 0.1) is 27.3 Å². The Kier molecular flexibility index (Phi) is 6.00. The number of aliphatic hydroxyl groups excluding tert-OH is 1. The number of nitrogens with one attached hydrogen (secondary N) is 1. The summed E-state index contributed by atoms with van der Waals surface area (Å²) in [6.07, 6.45) is 1.17. The summed E-state index contributed by atoms with van der Waals surface area (Å²) in [5, 5.41) is 16.1. The molecular weight excluding hydrogens is 508 g/mol. The molecule has 0 spiro atoms. The third-order valence-corrected chi connectivity index (χ3v) is 7.05. The first-order valence-electron chi connectivity index (χ1n) is 9.86. The Bertz CT molecular complexity index is 1160. The first-order valence-corrected chi connectivity index (χ1v) is 11.0. The Morgan fingerprint density at radius 1 is 1.28 bits per heavy atom. The molecule has 1 fully saturated rings. The molecule has 32 heavy (non-hydrogen) atoms. The molecule has 2 aromatic carbocycles. The number of amides is 2. The standard InChI is InChI=1S/C22H19BrClF2N3O3/c1-22-9-4-10-29(22)28(11-12-5-2-7-14(25)17(12)23)21(32)16(19(22)30)20(31)27-15-8-3-6-13(24)18(15)26/h2-3,5-8,30H,4,9-11H2,1H3,(H,27,31)/t22-/m1/s1. The van der Waals surface area contributed by atoms with Gasteiger partial charge in [-0.15, -0.1) is 0 Å². The zero-order valence-electron chi connectivity index (χ0n) is 17.0. The number of carbonyl (C=O) groups excluding carboxylic acids is 2. The van der Waals surface area contributed by atoms with Crippen LogP contribution in [0.3, 0.4) is 0 Å². The van der Waals surface area contributed by atoms with Crippen molar-refractivity contribution in [2.75, 3.05) is 11.9 Å². The molecule has 0 aromatic heterocycles. The Hall–Kier alpha value is -2.49. The molecule has 10 heteroatoms. The van der Waals surface area contributed by atoms with E-state index in [-0.39, 0.29) is 27.5 Å². The van der Waals surface area contributed by atoms with Crippen molar-refractivity contribution in [1.29, 1.82) is 0 Å². The minimum Gasteiger partial charge on any atom is -0.509 e. The monoisotopic (exact) mass is 525 g/mol. The van der Waals surface area contributed by atoms with E-state index >= 15 is 0 Å². The molecule has 0 aliphatic carbocycles. The fourth-order valence-electron chi connectivity index (χ4n) is 4.16. The topological polar surface area (TPSA) is 72.9 Å². The number of hydrogen-bond acceptors (Lipinski definition) is 4. The quantitative estimate of drug-likeness (QED) is 0.554. The third kappa shape index (κ3) is 3.68. The van der Waals surface area contributed by atoms with Crippen molar-refractivity contribution < 1.29 is 23.5 Å². The number of fused-ring (bicyclic) bond motifs is 1. The van der Waals surface area contributed by atoms with Crippen molar-refractivity contribution in [3.63, 3.8) is 0 Å². The van der Waals surface area contributed by atoms with Crippen molar-refractivity contribution in [3.8, 4) is 0 Å².